The van der Waals surface area contributed by atoms with Crippen LogP contribution in [0.3, 0.4) is 0 Å². The normalized spacial score (nSPS) is 19.1. The van der Waals surface area contributed by atoms with Crippen LogP contribution in [-0.4, -0.2) is 11.9 Å². The van der Waals surface area contributed by atoms with E-state index in [0.29, 0.717) is 0 Å². The van der Waals surface area contributed by atoms with Crippen LogP contribution in [-0.2, 0) is 46.4 Å². The molecule has 1 heterocycles. The first kappa shape index (κ1) is 28.3. The van der Waals surface area contributed by atoms with Crippen LogP contribution in [0, 0.1) is 10.8 Å². The number of hydrogen-bond donors (Lipinski definition) is 0. The second-order valence-electron chi connectivity index (χ2n) is 14.3. The first-order valence-electron chi connectivity index (χ1n) is 15.3. The van der Waals surface area contributed by atoms with Crippen molar-refractivity contribution in [2.24, 2.45) is 10.8 Å². The summed E-state index contributed by atoms with van der Waals surface area (Å²) in [5.74, 6) is -0.638. The Hall–Kier alpha value is -3.47. The maximum absolute atomic E-state index is 14.3. The van der Waals surface area contributed by atoms with Crippen LogP contribution in [0.2, 0.25) is 0 Å². The van der Waals surface area contributed by atoms with Crippen LogP contribution >= 0.6 is 0 Å². The minimum absolute atomic E-state index is 0.319. The van der Waals surface area contributed by atoms with Crippen molar-refractivity contribution in [3.05, 3.63) is 118 Å². The summed E-state index contributed by atoms with van der Waals surface area (Å²) in [7, 11) is 0. The minimum atomic E-state index is -4.81. The molecule has 0 spiro atoms. The third-order valence-corrected chi connectivity index (χ3v) is 15.3. The van der Waals surface area contributed by atoms with Gasteiger partial charge in [-0.05, 0) is 0 Å². The van der Waals surface area contributed by atoms with Gasteiger partial charge >= 0.3 is 260 Å². The number of rotatable bonds is 2. The van der Waals surface area contributed by atoms with Gasteiger partial charge in [-0.1, -0.05) is 0 Å². The van der Waals surface area contributed by atoms with Gasteiger partial charge < -0.3 is 0 Å². The third-order valence-electron chi connectivity index (χ3n) is 9.29. The molecule has 4 nitrogen and oxygen atoms in total. The van der Waals surface area contributed by atoms with Crippen LogP contribution in [0.4, 0.5) is 0 Å². The molecule has 4 aromatic rings. The molecule has 2 aliphatic carbocycles. The summed E-state index contributed by atoms with van der Waals surface area (Å²) in [6.07, 6.45) is 1.71. The zero-order valence-corrected chi connectivity index (χ0v) is 27.3. The average molecular weight is 607 g/mol. The molecule has 0 radical (unpaired) electrons. The van der Waals surface area contributed by atoms with Crippen molar-refractivity contribution in [3.63, 3.8) is 0 Å². The van der Waals surface area contributed by atoms with E-state index in [-0.39, 0.29) is 20.4 Å². The molecule has 0 N–H and O–H groups in total. The van der Waals surface area contributed by atoms with E-state index >= 15 is 0 Å². The standard InChI is InChI=1S/C28H20.2C5H10O2.Ti/c1-3-11-23-21(7-1)17-27-19(9-5-13-25(23)27)15-16-20-10-6-14-26-24-12-4-2-8-22(24)18-28(20)26;2*1-5(2,3)4(6)7;/h1-14,17-18H,15-16H2;2*1-3H3,(H,6,7);/q;;;+2/p-2. The van der Waals surface area contributed by atoms with Crippen molar-refractivity contribution in [3.8, 4) is 22.3 Å². The Bertz CT molecular complexity index is 1670. The summed E-state index contributed by atoms with van der Waals surface area (Å²) in [4.78, 5) is 28.6. The molecule has 4 aromatic carbocycles. The van der Waals surface area contributed by atoms with Crippen LogP contribution in [0.5, 0.6) is 0 Å². The molecule has 0 bridgehead atoms. The van der Waals surface area contributed by atoms with Crippen molar-refractivity contribution < 1.29 is 33.6 Å². The van der Waals surface area contributed by atoms with Gasteiger partial charge in [0.05, 0.1) is 0 Å². The molecule has 2 atom stereocenters. The Labute approximate surface area is 258 Å². The van der Waals surface area contributed by atoms with Crippen LogP contribution < -0.4 is 0 Å². The first-order valence-corrected chi connectivity index (χ1v) is 18.4. The van der Waals surface area contributed by atoms with E-state index in [4.69, 9.17) is 6.64 Å². The van der Waals surface area contributed by atoms with E-state index in [9.17, 15) is 9.59 Å². The van der Waals surface area contributed by atoms with Crippen molar-refractivity contribution in [2.45, 2.75) is 62.8 Å². The second-order valence-corrected chi connectivity index (χ2v) is 19.0. The van der Waals surface area contributed by atoms with Crippen molar-refractivity contribution in [1.82, 2.24) is 0 Å². The Morgan fingerprint density at radius 2 is 0.930 bits per heavy atom. The third kappa shape index (κ3) is 4.29. The van der Waals surface area contributed by atoms with Gasteiger partial charge in [0.25, 0.3) is 0 Å². The number of hydrogen-bond acceptors (Lipinski definition) is 4. The molecule has 0 aromatic heterocycles. The zero-order chi connectivity index (χ0) is 30.3. The van der Waals surface area contributed by atoms with Gasteiger partial charge in [-0.2, -0.15) is 0 Å². The van der Waals surface area contributed by atoms with E-state index in [0.717, 1.165) is 46.2 Å². The summed E-state index contributed by atoms with van der Waals surface area (Å²) in [6.45, 7) is 11.3. The fraction of sp³-hybridized carbons (Fsp3) is 0.316. The molecule has 0 amide bonds. The molecule has 218 valence electrons. The molecule has 1 aliphatic heterocycles. The van der Waals surface area contributed by atoms with E-state index < -0.39 is 28.2 Å². The Balaban J connectivity index is 1.65. The fourth-order valence-corrected chi connectivity index (χ4v) is 14.9. The monoisotopic (exact) mass is 606 g/mol. The van der Waals surface area contributed by atoms with E-state index in [1.807, 2.05) is 41.5 Å². The van der Waals surface area contributed by atoms with Crippen molar-refractivity contribution >= 4 is 11.9 Å². The van der Waals surface area contributed by atoms with Crippen molar-refractivity contribution in [1.29, 1.82) is 0 Å². The first-order chi connectivity index (χ1) is 20.4. The van der Waals surface area contributed by atoms with Crippen molar-refractivity contribution in [2.75, 3.05) is 0 Å². The molecule has 0 fully saturated rings. The van der Waals surface area contributed by atoms with Crippen LogP contribution in [0.1, 0.15) is 83.4 Å². The van der Waals surface area contributed by atoms with Gasteiger partial charge in [0, 0.05) is 0 Å². The van der Waals surface area contributed by atoms with Crippen LogP contribution in [0.25, 0.3) is 22.3 Å². The van der Waals surface area contributed by atoms with E-state index in [1.165, 1.54) is 22.3 Å². The predicted octanol–water partition coefficient (Wildman–Crippen LogP) is 8.79. The van der Waals surface area contributed by atoms with Gasteiger partial charge in [-0.3, -0.25) is 0 Å². The summed E-state index contributed by atoms with van der Waals surface area (Å²) in [5.41, 5.74) is 10.0. The van der Waals surface area contributed by atoms with Gasteiger partial charge in [0.15, 0.2) is 0 Å². The van der Waals surface area contributed by atoms with Gasteiger partial charge in [-0.15, -0.1) is 0 Å². The molecule has 3 aliphatic rings. The Morgan fingerprint density at radius 3 is 1.33 bits per heavy atom. The van der Waals surface area contributed by atoms with Gasteiger partial charge in [-0.25, -0.2) is 0 Å². The predicted molar refractivity (Wildman–Crippen MR) is 166 cm³/mol. The maximum atomic E-state index is 14.3. The molecule has 5 heteroatoms. The molecule has 0 saturated heterocycles. The topological polar surface area (TPSA) is 52.6 Å². The summed E-state index contributed by atoms with van der Waals surface area (Å²) >= 11 is -4.81. The second kappa shape index (κ2) is 9.77. The number of fused-ring (bicyclic) bond motifs is 6. The number of aryl methyl sites for hydroxylation is 2. The summed E-state index contributed by atoms with van der Waals surface area (Å²) in [6, 6.07) is 30.0. The SMILES string of the molecule is CC(C)(C)C(=O)[O][Ti]1([O]C(=O)C(C)(C)C)[CH]2c3ccccc3-c3cccc(c32)CCc2cccc3c2[CH]1c1ccccc1-3. The number of carbonyl (C=O) groups excluding carboxylic acids is 2. The molecule has 0 saturated carbocycles. The quantitative estimate of drug-likeness (QED) is 0.214. The number of carbonyl (C=O) groups is 2. The zero-order valence-electron chi connectivity index (χ0n) is 25.8. The Kier molecular flexibility index (Phi) is 6.43. The fourth-order valence-electron chi connectivity index (χ4n) is 7.24. The van der Waals surface area contributed by atoms with E-state index in [2.05, 4.69) is 84.9 Å². The average Bonchev–Trinajstić information content (AvgIpc) is 3.50. The van der Waals surface area contributed by atoms with E-state index in [1.54, 1.807) is 0 Å². The summed E-state index contributed by atoms with van der Waals surface area (Å²) < 4.78 is 13.5. The van der Waals surface area contributed by atoms with Crippen LogP contribution in [0.15, 0.2) is 84.9 Å². The molecular weight excluding hydrogens is 568 g/mol. The molecule has 43 heavy (non-hydrogen) atoms. The number of benzene rings is 4. The molecule has 7 rings (SSSR count). The summed E-state index contributed by atoms with van der Waals surface area (Å²) in [5, 5.41) is 0. The van der Waals surface area contributed by atoms with Gasteiger partial charge in [0.1, 0.15) is 0 Å². The van der Waals surface area contributed by atoms with Gasteiger partial charge in [0.2, 0.25) is 0 Å². The molecular formula is C38H38O4Ti. The Morgan fingerprint density at radius 1 is 0.558 bits per heavy atom. The molecule has 2 unspecified atom stereocenters.